The molecule has 0 saturated heterocycles. The van der Waals surface area contributed by atoms with E-state index in [1.807, 2.05) is 0 Å². The fourth-order valence-corrected chi connectivity index (χ4v) is 1.91. The molecule has 0 aromatic heterocycles. The second kappa shape index (κ2) is 1.99. The highest BCUT2D eigenvalue weighted by Crippen LogP contribution is 2.41. The van der Waals surface area contributed by atoms with Crippen LogP contribution < -0.4 is 0 Å². The van der Waals surface area contributed by atoms with Crippen molar-refractivity contribution in [1.29, 1.82) is 0 Å². The molecule has 0 radical (unpaired) electrons. The molecule has 48 valence electrons. The van der Waals surface area contributed by atoms with Crippen molar-refractivity contribution in [2.45, 2.75) is 18.4 Å². The Hall–Kier alpha value is 0.440. The molecule has 1 rings (SSSR count). The molecule has 1 nitrogen and oxygen atoms in total. The van der Waals surface area contributed by atoms with Gasteiger partial charge in [0.25, 0.3) is 0 Å². The summed E-state index contributed by atoms with van der Waals surface area (Å²) in [6.45, 7) is 0. The van der Waals surface area contributed by atoms with Crippen LogP contribution >= 0.6 is 15.9 Å². The zero-order valence-corrected chi connectivity index (χ0v) is 7.03. The van der Waals surface area contributed by atoms with E-state index in [1.165, 1.54) is 12.8 Å². The summed E-state index contributed by atoms with van der Waals surface area (Å²) in [7, 11) is 4.29. The molecule has 0 aromatic rings. The van der Waals surface area contributed by atoms with Crippen LogP contribution in [0.25, 0.3) is 0 Å². The van der Waals surface area contributed by atoms with Crippen molar-refractivity contribution in [2.75, 3.05) is 19.4 Å². The van der Waals surface area contributed by atoms with Crippen molar-refractivity contribution in [3.05, 3.63) is 0 Å². The number of halogens is 1. The molecule has 0 N–H and O–H groups in total. The molecule has 2 heteroatoms. The summed E-state index contributed by atoms with van der Waals surface area (Å²) in [5, 5.41) is 1.13. The molecule has 0 heterocycles. The SMILES string of the molecule is CN(C)C1(CBr)CC1. The Kier molecular flexibility index (Phi) is 1.63. The van der Waals surface area contributed by atoms with Gasteiger partial charge in [0.2, 0.25) is 0 Å². The van der Waals surface area contributed by atoms with Crippen LogP contribution in [-0.4, -0.2) is 29.9 Å². The molecular formula is C6H12BrN. The summed E-state index contributed by atoms with van der Waals surface area (Å²) in [6, 6.07) is 0. The first-order valence-corrected chi connectivity index (χ1v) is 4.07. The summed E-state index contributed by atoms with van der Waals surface area (Å²) >= 11 is 3.49. The Morgan fingerprint density at radius 1 is 1.50 bits per heavy atom. The zero-order valence-electron chi connectivity index (χ0n) is 5.45. The molecule has 0 amide bonds. The van der Waals surface area contributed by atoms with Gasteiger partial charge < -0.3 is 4.90 Å². The van der Waals surface area contributed by atoms with Crippen molar-refractivity contribution in [2.24, 2.45) is 0 Å². The van der Waals surface area contributed by atoms with E-state index >= 15 is 0 Å². The average molecular weight is 178 g/mol. The summed E-state index contributed by atoms with van der Waals surface area (Å²) < 4.78 is 0. The van der Waals surface area contributed by atoms with Crippen molar-refractivity contribution in [3.8, 4) is 0 Å². The van der Waals surface area contributed by atoms with Gasteiger partial charge in [-0.1, -0.05) is 15.9 Å². The maximum atomic E-state index is 3.49. The third-order valence-electron chi connectivity index (χ3n) is 2.02. The third kappa shape index (κ3) is 0.914. The highest BCUT2D eigenvalue weighted by molar-refractivity contribution is 9.09. The standard InChI is InChI=1S/C6H12BrN/c1-8(2)6(5-7)3-4-6/h3-5H2,1-2H3. The lowest BCUT2D eigenvalue weighted by molar-refractivity contribution is 0.300. The van der Waals surface area contributed by atoms with E-state index in [-0.39, 0.29) is 0 Å². The summed E-state index contributed by atoms with van der Waals surface area (Å²) in [5.41, 5.74) is 0.542. The van der Waals surface area contributed by atoms with Crippen molar-refractivity contribution in [3.63, 3.8) is 0 Å². The van der Waals surface area contributed by atoms with Crippen LogP contribution in [0.15, 0.2) is 0 Å². The number of hydrogen-bond acceptors (Lipinski definition) is 1. The lowest BCUT2D eigenvalue weighted by Gasteiger charge is -2.20. The van der Waals surface area contributed by atoms with Gasteiger partial charge in [0.15, 0.2) is 0 Å². The van der Waals surface area contributed by atoms with Crippen LogP contribution in [0.4, 0.5) is 0 Å². The van der Waals surface area contributed by atoms with E-state index in [0.717, 1.165) is 5.33 Å². The van der Waals surface area contributed by atoms with Gasteiger partial charge >= 0.3 is 0 Å². The van der Waals surface area contributed by atoms with Crippen molar-refractivity contribution < 1.29 is 0 Å². The van der Waals surface area contributed by atoms with Crippen molar-refractivity contribution in [1.82, 2.24) is 4.90 Å². The van der Waals surface area contributed by atoms with Gasteiger partial charge in [0, 0.05) is 10.9 Å². The monoisotopic (exact) mass is 177 g/mol. The molecule has 0 atom stereocenters. The van der Waals surface area contributed by atoms with E-state index in [4.69, 9.17) is 0 Å². The Labute approximate surface area is 59.2 Å². The predicted octanol–water partition coefficient (Wildman–Crippen LogP) is 1.48. The first-order chi connectivity index (χ1) is 3.71. The summed E-state index contributed by atoms with van der Waals surface area (Å²) in [4.78, 5) is 2.31. The number of nitrogens with zero attached hydrogens (tertiary/aromatic N) is 1. The van der Waals surface area contributed by atoms with Crippen LogP contribution in [0.5, 0.6) is 0 Å². The van der Waals surface area contributed by atoms with E-state index in [1.54, 1.807) is 0 Å². The Bertz CT molecular complexity index is 86.5. The van der Waals surface area contributed by atoms with Gasteiger partial charge in [0.05, 0.1) is 0 Å². The van der Waals surface area contributed by atoms with E-state index in [0.29, 0.717) is 5.54 Å². The largest absolute Gasteiger partial charge is 0.303 e. The van der Waals surface area contributed by atoms with Crippen LogP contribution in [-0.2, 0) is 0 Å². The molecule has 1 aliphatic rings. The minimum atomic E-state index is 0.542. The van der Waals surface area contributed by atoms with Crippen molar-refractivity contribution >= 4 is 15.9 Å². The van der Waals surface area contributed by atoms with Gasteiger partial charge in [-0.05, 0) is 26.9 Å². The van der Waals surface area contributed by atoms with Gasteiger partial charge in [-0.15, -0.1) is 0 Å². The summed E-state index contributed by atoms with van der Waals surface area (Å²) in [6.07, 6.45) is 2.73. The zero-order chi connectivity index (χ0) is 6.20. The van der Waals surface area contributed by atoms with Crippen LogP contribution in [0, 0.1) is 0 Å². The molecule has 0 aromatic carbocycles. The van der Waals surface area contributed by atoms with Crippen LogP contribution in [0.3, 0.4) is 0 Å². The Balaban J connectivity index is 2.41. The normalized spacial score (nSPS) is 24.0. The van der Waals surface area contributed by atoms with E-state index in [2.05, 4.69) is 34.9 Å². The number of rotatable bonds is 2. The lowest BCUT2D eigenvalue weighted by atomic mass is 10.3. The maximum Gasteiger partial charge on any atom is 0.0301 e. The van der Waals surface area contributed by atoms with Gasteiger partial charge in [0.1, 0.15) is 0 Å². The average Bonchev–Trinajstić information content (AvgIpc) is 2.44. The predicted molar refractivity (Wildman–Crippen MR) is 39.4 cm³/mol. The molecule has 1 saturated carbocycles. The van der Waals surface area contributed by atoms with E-state index < -0.39 is 0 Å². The molecule has 0 aliphatic heterocycles. The molecule has 1 aliphatic carbocycles. The van der Waals surface area contributed by atoms with Crippen LogP contribution in [0.1, 0.15) is 12.8 Å². The molecule has 0 unspecified atom stereocenters. The molecule has 1 fully saturated rings. The minimum absolute atomic E-state index is 0.542. The fraction of sp³-hybridized carbons (Fsp3) is 1.00. The topological polar surface area (TPSA) is 3.24 Å². The Morgan fingerprint density at radius 3 is 2.00 bits per heavy atom. The Morgan fingerprint density at radius 2 is 2.00 bits per heavy atom. The quantitative estimate of drug-likeness (QED) is 0.579. The molecular weight excluding hydrogens is 166 g/mol. The molecule has 8 heavy (non-hydrogen) atoms. The van der Waals surface area contributed by atoms with E-state index in [9.17, 15) is 0 Å². The number of alkyl halides is 1. The minimum Gasteiger partial charge on any atom is -0.303 e. The summed E-state index contributed by atoms with van der Waals surface area (Å²) in [5.74, 6) is 0. The highest BCUT2D eigenvalue weighted by atomic mass is 79.9. The molecule has 0 bridgehead atoms. The third-order valence-corrected chi connectivity index (χ3v) is 3.07. The fourth-order valence-electron chi connectivity index (χ4n) is 0.845. The van der Waals surface area contributed by atoms with Gasteiger partial charge in [-0.2, -0.15) is 0 Å². The number of hydrogen-bond donors (Lipinski definition) is 0. The smallest absolute Gasteiger partial charge is 0.0301 e. The second-order valence-corrected chi connectivity index (χ2v) is 3.31. The van der Waals surface area contributed by atoms with Gasteiger partial charge in [-0.25, -0.2) is 0 Å². The van der Waals surface area contributed by atoms with Crippen LogP contribution in [0.2, 0.25) is 0 Å². The molecule has 0 spiro atoms. The maximum absolute atomic E-state index is 3.49. The second-order valence-electron chi connectivity index (χ2n) is 2.75. The van der Waals surface area contributed by atoms with Gasteiger partial charge in [-0.3, -0.25) is 0 Å². The highest BCUT2D eigenvalue weighted by Gasteiger charge is 2.43. The first kappa shape index (κ1) is 6.56. The lowest BCUT2D eigenvalue weighted by Crippen LogP contribution is -2.31. The first-order valence-electron chi connectivity index (χ1n) is 2.95.